The predicted octanol–water partition coefficient (Wildman–Crippen LogP) is 1.03. The molecule has 1 heterocycles. The van der Waals surface area contributed by atoms with Gasteiger partial charge in [-0.3, -0.25) is 4.79 Å². The molecule has 0 bridgehead atoms. The molecule has 2 rings (SSSR count). The minimum Gasteiger partial charge on any atom is -0.462 e. The van der Waals surface area contributed by atoms with E-state index < -0.39 is 5.97 Å². The first kappa shape index (κ1) is 11.4. The van der Waals surface area contributed by atoms with Crippen LogP contribution in [0, 0.1) is 0 Å². The van der Waals surface area contributed by atoms with Crippen LogP contribution < -0.4 is 5.73 Å². The first-order chi connectivity index (χ1) is 8.04. The fraction of sp³-hybridized carbons (Fsp3) is 0.333. The SMILES string of the molecule is CCOC(=O)c1cc2c(cc1N)C(=O)N(C)C2. The van der Waals surface area contributed by atoms with Gasteiger partial charge >= 0.3 is 5.97 Å². The van der Waals surface area contributed by atoms with Crippen LogP contribution in [0.3, 0.4) is 0 Å². The zero-order valence-corrected chi connectivity index (χ0v) is 9.82. The van der Waals surface area contributed by atoms with Crippen molar-refractivity contribution in [2.45, 2.75) is 13.5 Å². The normalized spacial score (nSPS) is 13.8. The third-order valence-corrected chi connectivity index (χ3v) is 2.76. The molecule has 0 saturated heterocycles. The predicted molar refractivity (Wildman–Crippen MR) is 62.6 cm³/mol. The highest BCUT2D eigenvalue weighted by molar-refractivity contribution is 6.03. The van der Waals surface area contributed by atoms with Crippen molar-refractivity contribution in [1.82, 2.24) is 4.90 Å². The molecule has 1 aromatic carbocycles. The summed E-state index contributed by atoms with van der Waals surface area (Å²) in [5.41, 5.74) is 7.75. The molecule has 0 unspecified atom stereocenters. The first-order valence-electron chi connectivity index (χ1n) is 5.39. The fourth-order valence-corrected chi connectivity index (χ4v) is 1.91. The molecule has 0 radical (unpaired) electrons. The summed E-state index contributed by atoms with van der Waals surface area (Å²) in [7, 11) is 1.71. The molecular weight excluding hydrogens is 220 g/mol. The summed E-state index contributed by atoms with van der Waals surface area (Å²) in [6.07, 6.45) is 0. The van der Waals surface area contributed by atoms with Crippen LogP contribution in [-0.2, 0) is 11.3 Å². The van der Waals surface area contributed by atoms with Crippen molar-refractivity contribution >= 4 is 17.6 Å². The highest BCUT2D eigenvalue weighted by atomic mass is 16.5. The lowest BCUT2D eigenvalue weighted by molar-refractivity contribution is 0.0527. The van der Waals surface area contributed by atoms with Crippen LogP contribution in [0.25, 0.3) is 0 Å². The summed E-state index contributed by atoms with van der Waals surface area (Å²) in [6, 6.07) is 3.19. The van der Waals surface area contributed by atoms with Gasteiger partial charge in [0, 0.05) is 24.8 Å². The minimum absolute atomic E-state index is 0.0675. The van der Waals surface area contributed by atoms with Crippen molar-refractivity contribution in [1.29, 1.82) is 0 Å². The Balaban J connectivity index is 2.43. The highest BCUT2D eigenvalue weighted by Crippen LogP contribution is 2.27. The maximum absolute atomic E-state index is 11.7. The molecule has 1 aliphatic rings. The quantitative estimate of drug-likeness (QED) is 0.612. The van der Waals surface area contributed by atoms with E-state index in [4.69, 9.17) is 10.5 Å². The van der Waals surface area contributed by atoms with Gasteiger partial charge in [0.1, 0.15) is 0 Å². The third-order valence-electron chi connectivity index (χ3n) is 2.76. The Morgan fingerprint density at radius 1 is 1.53 bits per heavy atom. The van der Waals surface area contributed by atoms with Crippen molar-refractivity contribution in [3.8, 4) is 0 Å². The Morgan fingerprint density at radius 2 is 2.24 bits per heavy atom. The van der Waals surface area contributed by atoms with Gasteiger partial charge in [-0.1, -0.05) is 0 Å². The number of ether oxygens (including phenoxy) is 1. The van der Waals surface area contributed by atoms with Crippen molar-refractivity contribution in [3.05, 3.63) is 28.8 Å². The van der Waals surface area contributed by atoms with E-state index >= 15 is 0 Å². The van der Waals surface area contributed by atoms with Crippen molar-refractivity contribution in [2.75, 3.05) is 19.4 Å². The number of carbonyl (C=O) groups is 2. The molecule has 0 fully saturated rings. The van der Waals surface area contributed by atoms with E-state index in [2.05, 4.69) is 0 Å². The van der Waals surface area contributed by atoms with E-state index in [1.54, 1.807) is 31.0 Å². The molecule has 1 aromatic rings. The molecule has 5 nitrogen and oxygen atoms in total. The molecular formula is C12H14N2O3. The number of hydrogen-bond donors (Lipinski definition) is 1. The first-order valence-corrected chi connectivity index (χ1v) is 5.39. The number of benzene rings is 1. The Hall–Kier alpha value is -2.04. The van der Waals surface area contributed by atoms with E-state index in [0.717, 1.165) is 5.56 Å². The second-order valence-corrected chi connectivity index (χ2v) is 3.98. The Bertz CT molecular complexity index is 497. The number of nitrogens with two attached hydrogens (primary N) is 1. The second-order valence-electron chi connectivity index (χ2n) is 3.98. The lowest BCUT2D eigenvalue weighted by atomic mass is 10.0. The number of carbonyl (C=O) groups excluding carboxylic acids is 2. The Labute approximate surface area is 99.2 Å². The van der Waals surface area contributed by atoms with Crippen LogP contribution in [0.4, 0.5) is 5.69 Å². The number of rotatable bonds is 2. The van der Waals surface area contributed by atoms with Crippen molar-refractivity contribution < 1.29 is 14.3 Å². The van der Waals surface area contributed by atoms with Gasteiger partial charge in [-0.25, -0.2) is 4.79 Å². The molecule has 0 aromatic heterocycles. The van der Waals surface area contributed by atoms with Crippen LogP contribution in [0.2, 0.25) is 0 Å². The summed E-state index contributed by atoms with van der Waals surface area (Å²) in [4.78, 5) is 24.9. The summed E-state index contributed by atoms with van der Waals surface area (Å²) in [5.74, 6) is -0.517. The van der Waals surface area contributed by atoms with Crippen molar-refractivity contribution in [3.63, 3.8) is 0 Å². The monoisotopic (exact) mass is 234 g/mol. The average molecular weight is 234 g/mol. The molecule has 0 spiro atoms. The van der Waals surface area contributed by atoms with Gasteiger partial charge in [0.05, 0.1) is 12.2 Å². The minimum atomic E-state index is -0.449. The van der Waals surface area contributed by atoms with E-state index in [0.29, 0.717) is 24.3 Å². The molecule has 0 atom stereocenters. The van der Waals surface area contributed by atoms with Crippen LogP contribution in [-0.4, -0.2) is 30.4 Å². The summed E-state index contributed by atoms with van der Waals surface area (Å²) in [6.45, 7) is 2.54. The molecule has 0 aliphatic carbocycles. The highest BCUT2D eigenvalue weighted by Gasteiger charge is 2.27. The largest absolute Gasteiger partial charge is 0.462 e. The smallest absolute Gasteiger partial charge is 0.340 e. The van der Waals surface area contributed by atoms with Crippen LogP contribution in [0.15, 0.2) is 12.1 Å². The summed E-state index contributed by atoms with van der Waals surface area (Å²) < 4.78 is 4.90. The van der Waals surface area contributed by atoms with Crippen LogP contribution >= 0.6 is 0 Å². The molecule has 2 N–H and O–H groups in total. The number of nitrogens with zero attached hydrogens (tertiary/aromatic N) is 1. The number of nitrogen functional groups attached to an aromatic ring is 1. The third kappa shape index (κ3) is 1.84. The zero-order chi connectivity index (χ0) is 12.6. The standard InChI is InChI=1S/C12H14N2O3/c1-3-17-12(16)9-4-7-6-14(2)11(15)8(7)5-10(9)13/h4-5H,3,6,13H2,1-2H3. The molecule has 1 amide bonds. The lowest BCUT2D eigenvalue weighted by Crippen LogP contribution is -2.17. The van der Waals surface area contributed by atoms with Gasteiger partial charge in [-0.15, -0.1) is 0 Å². The second kappa shape index (κ2) is 4.08. The van der Waals surface area contributed by atoms with Gasteiger partial charge in [-0.2, -0.15) is 0 Å². The van der Waals surface area contributed by atoms with E-state index in [1.165, 1.54) is 0 Å². The fourth-order valence-electron chi connectivity index (χ4n) is 1.91. The van der Waals surface area contributed by atoms with Crippen LogP contribution in [0.1, 0.15) is 33.2 Å². The van der Waals surface area contributed by atoms with Gasteiger partial charge < -0.3 is 15.4 Å². The Kier molecular flexibility index (Phi) is 2.75. The average Bonchev–Trinajstić information content (AvgIpc) is 2.55. The van der Waals surface area contributed by atoms with E-state index in [-0.39, 0.29) is 11.6 Å². The number of fused-ring (bicyclic) bond motifs is 1. The van der Waals surface area contributed by atoms with Gasteiger partial charge in [0.2, 0.25) is 0 Å². The number of anilines is 1. The topological polar surface area (TPSA) is 72.6 Å². The molecule has 0 saturated carbocycles. The number of esters is 1. The lowest BCUT2D eigenvalue weighted by Gasteiger charge is -2.06. The van der Waals surface area contributed by atoms with Gasteiger partial charge in [0.15, 0.2) is 0 Å². The molecule has 17 heavy (non-hydrogen) atoms. The van der Waals surface area contributed by atoms with Crippen molar-refractivity contribution in [2.24, 2.45) is 0 Å². The molecule has 1 aliphatic heterocycles. The van der Waals surface area contributed by atoms with E-state index in [9.17, 15) is 9.59 Å². The summed E-state index contributed by atoms with van der Waals surface area (Å²) in [5, 5.41) is 0. The van der Waals surface area contributed by atoms with Gasteiger partial charge in [0.25, 0.3) is 5.91 Å². The number of hydrogen-bond acceptors (Lipinski definition) is 4. The van der Waals surface area contributed by atoms with Crippen LogP contribution in [0.5, 0.6) is 0 Å². The summed E-state index contributed by atoms with van der Waals surface area (Å²) >= 11 is 0. The number of amides is 1. The zero-order valence-electron chi connectivity index (χ0n) is 9.82. The Morgan fingerprint density at radius 3 is 2.88 bits per heavy atom. The van der Waals surface area contributed by atoms with E-state index in [1.807, 2.05) is 0 Å². The maximum Gasteiger partial charge on any atom is 0.340 e. The van der Waals surface area contributed by atoms with Gasteiger partial charge in [-0.05, 0) is 24.6 Å². The molecule has 90 valence electrons. The molecule has 5 heteroatoms. The maximum atomic E-state index is 11.7.